The van der Waals surface area contributed by atoms with Crippen LogP contribution in [0, 0.1) is 0 Å². The molecular formula is C12H26N2O2S. The zero-order chi connectivity index (χ0) is 13.1. The summed E-state index contributed by atoms with van der Waals surface area (Å²) in [5.74, 6) is 0. The molecule has 1 saturated carbocycles. The van der Waals surface area contributed by atoms with Crippen LogP contribution in [0.4, 0.5) is 0 Å². The molecular weight excluding hydrogens is 236 g/mol. The van der Waals surface area contributed by atoms with Crippen molar-refractivity contribution in [1.82, 2.24) is 9.62 Å². The molecule has 1 fully saturated rings. The number of rotatable bonds is 5. The third-order valence-electron chi connectivity index (χ3n) is 3.50. The molecule has 1 rings (SSSR count). The maximum Gasteiger partial charge on any atom is 0.211 e. The highest BCUT2D eigenvalue weighted by Gasteiger charge is 2.35. The summed E-state index contributed by atoms with van der Waals surface area (Å²) in [6, 6.07) is 0.390. The van der Waals surface area contributed by atoms with Crippen LogP contribution < -0.4 is 5.32 Å². The molecule has 0 aliphatic heterocycles. The van der Waals surface area contributed by atoms with Crippen molar-refractivity contribution >= 4 is 10.0 Å². The molecule has 0 aromatic heterocycles. The summed E-state index contributed by atoms with van der Waals surface area (Å²) in [7, 11) is -1.41. The lowest BCUT2D eigenvalue weighted by atomic mass is 9.81. The summed E-state index contributed by atoms with van der Waals surface area (Å²) < 4.78 is 24.5. The van der Waals surface area contributed by atoms with Gasteiger partial charge in [-0.3, -0.25) is 0 Å². The molecule has 0 bridgehead atoms. The van der Waals surface area contributed by atoms with Gasteiger partial charge >= 0.3 is 0 Å². The number of nitrogens with one attached hydrogen (secondary N) is 1. The molecule has 0 atom stereocenters. The first-order valence-corrected chi connectivity index (χ1v) is 8.29. The molecule has 17 heavy (non-hydrogen) atoms. The summed E-state index contributed by atoms with van der Waals surface area (Å²) >= 11 is 0. The van der Waals surface area contributed by atoms with Crippen molar-refractivity contribution in [3.63, 3.8) is 0 Å². The van der Waals surface area contributed by atoms with Crippen LogP contribution in [0.3, 0.4) is 0 Å². The average molecular weight is 262 g/mol. The second kappa shape index (κ2) is 5.67. The standard InChI is InChI=1S/C12H26N2O2S/c1-11(2)13-12(8-6-5-7-9-12)10-14(3)17(4,15)16/h11,13H,5-10H2,1-4H3. The number of hydrogen-bond donors (Lipinski definition) is 1. The SMILES string of the molecule is CC(C)NC1(CN(C)S(C)(=O)=O)CCCCC1. The Labute approximate surface area is 106 Å². The second-order valence-electron chi connectivity index (χ2n) is 5.66. The summed E-state index contributed by atoms with van der Waals surface area (Å²) in [6.07, 6.45) is 7.08. The molecule has 0 aromatic rings. The first kappa shape index (κ1) is 14.9. The summed E-state index contributed by atoms with van der Waals surface area (Å²) in [5.41, 5.74) is -0.0236. The van der Waals surface area contributed by atoms with Gasteiger partial charge in [-0.2, -0.15) is 0 Å². The van der Waals surface area contributed by atoms with Crippen LogP contribution in [0.1, 0.15) is 46.0 Å². The Morgan fingerprint density at radius 3 is 2.18 bits per heavy atom. The summed E-state index contributed by atoms with van der Waals surface area (Å²) in [5, 5.41) is 3.59. The van der Waals surface area contributed by atoms with E-state index in [9.17, 15) is 8.42 Å². The van der Waals surface area contributed by atoms with Gasteiger partial charge in [0.15, 0.2) is 0 Å². The van der Waals surface area contributed by atoms with Crippen molar-refractivity contribution in [3.8, 4) is 0 Å². The van der Waals surface area contributed by atoms with Gasteiger partial charge in [-0.05, 0) is 12.8 Å². The van der Waals surface area contributed by atoms with Crippen LogP contribution >= 0.6 is 0 Å². The van der Waals surface area contributed by atoms with Crippen molar-refractivity contribution in [2.24, 2.45) is 0 Å². The first-order valence-electron chi connectivity index (χ1n) is 6.44. The third-order valence-corrected chi connectivity index (χ3v) is 4.76. The topological polar surface area (TPSA) is 49.4 Å². The Bertz CT molecular complexity index is 332. The van der Waals surface area contributed by atoms with Crippen molar-refractivity contribution in [1.29, 1.82) is 0 Å². The molecule has 1 aliphatic rings. The molecule has 0 aromatic carbocycles. The van der Waals surface area contributed by atoms with E-state index in [1.165, 1.54) is 29.8 Å². The average Bonchev–Trinajstić information content (AvgIpc) is 2.15. The molecule has 4 nitrogen and oxygen atoms in total. The Hall–Kier alpha value is -0.130. The lowest BCUT2D eigenvalue weighted by Gasteiger charge is -2.42. The predicted octanol–water partition coefficient (Wildman–Crippen LogP) is 1.58. The van der Waals surface area contributed by atoms with Gasteiger partial charge in [0.1, 0.15) is 0 Å². The van der Waals surface area contributed by atoms with Crippen LogP contribution in [0.2, 0.25) is 0 Å². The predicted molar refractivity (Wildman–Crippen MR) is 71.6 cm³/mol. The molecule has 5 heteroatoms. The van der Waals surface area contributed by atoms with E-state index >= 15 is 0 Å². The summed E-state index contributed by atoms with van der Waals surface area (Å²) in [4.78, 5) is 0. The van der Waals surface area contributed by atoms with Crippen LogP contribution in [-0.2, 0) is 10.0 Å². The number of likely N-dealkylation sites (N-methyl/N-ethyl adjacent to an activating group) is 1. The smallest absolute Gasteiger partial charge is 0.211 e. The molecule has 0 amide bonds. The van der Waals surface area contributed by atoms with Gasteiger partial charge in [-0.15, -0.1) is 0 Å². The molecule has 102 valence electrons. The van der Waals surface area contributed by atoms with E-state index in [2.05, 4.69) is 19.2 Å². The van der Waals surface area contributed by atoms with Crippen molar-refractivity contribution in [3.05, 3.63) is 0 Å². The summed E-state index contributed by atoms with van der Waals surface area (Å²) in [6.45, 7) is 4.83. The Balaban J connectivity index is 2.76. The van der Waals surface area contributed by atoms with Crippen LogP contribution in [0.5, 0.6) is 0 Å². The van der Waals surface area contributed by atoms with E-state index in [1.54, 1.807) is 7.05 Å². The minimum absolute atomic E-state index is 0.0236. The lowest BCUT2D eigenvalue weighted by molar-refractivity contribution is 0.184. The van der Waals surface area contributed by atoms with Crippen molar-refractivity contribution in [2.45, 2.75) is 57.5 Å². The van der Waals surface area contributed by atoms with Gasteiger partial charge in [0, 0.05) is 25.2 Å². The molecule has 0 unspecified atom stereocenters. The highest BCUT2D eigenvalue weighted by molar-refractivity contribution is 7.88. The monoisotopic (exact) mass is 262 g/mol. The molecule has 0 radical (unpaired) electrons. The normalized spacial score (nSPS) is 21.1. The van der Waals surface area contributed by atoms with E-state index in [0.717, 1.165) is 12.8 Å². The second-order valence-corrected chi connectivity index (χ2v) is 7.75. The van der Waals surface area contributed by atoms with Gasteiger partial charge < -0.3 is 5.32 Å². The Kier molecular flexibility index (Phi) is 4.98. The van der Waals surface area contributed by atoms with E-state index in [4.69, 9.17) is 0 Å². The zero-order valence-corrected chi connectivity index (χ0v) is 12.3. The van der Waals surface area contributed by atoms with Crippen LogP contribution in [0.15, 0.2) is 0 Å². The fourth-order valence-corrected chi connectivity index (χ4v) is 3.21. The number of hydrogen-bond acceptors (Lipinski definition) is 3. The fraction of sp³-hybridized carbons (Fsp3) is 1.00. The molecule has 0 saturated heterocycles. The van der Waals surface area contributed by atoms with Gasteiger partial charge in [-0.25, -0.2) is 12.7 Å². The third kappa shape index (κ3) is 4.56. The Morgan fingerprint density at radius 2 is 1.76 bits per heavy atom. The first-order chi connectivity index (χ1) is 7.75. The highest BCUT2D eigenvalue weighted by atomic mass is 32.2. The van der Waals surface area contributed by atoms with E-state index in [1.807, 2.05) is 0 Å². The van der Waals surface area contributed by atoms with Gasteiger partial charge in [-0.1, -0.05) is 33.1 Å². The van der Waals surface area contributed by atoms with Gasteiger partial charge in [0.05, 0.1) is 6.26 Å². The van der Waals surface area contributed by atoms with Crippen LogP contribution in [0.25, 0.3) is 0 Å². The maximum atomic E-state index is 11.5. The van der Waals surface area contributed by atoms with E-state index in [0.29, 0.717) is 12.6 Å². The van der Waals surface area contributed by atoms with E-state index in [-0.39, 0.29) is 5.54 Å². The van der Waals surface area contributed by atoms with Gasteiger partial charge in [0.2, 0.25) is 10.0 Å². The highest BCUT2D eigenvalue weighted by Crippen LogP contribution is 2.29. The molecule has 1 aliphatic carbocycles. The quantitative estimate of drug-likeness (QED) is 0.818. The minimum atomic E-state index is -3.08. The Morgan fingerprint density at radius 1 is 1.24 bits per heavy atom. The largest absolute Gasteiger partial charge is 0.308 e. The van der Waals surface area contributed by atoms with Crippen molar-refractivity contribution < 1.29 is 8.42 Å². The molecule has 1 N–H and O–H groups in total. The zero-order valence-electron chi connectivity index (χ0n) is 11.5. The van der Waals surface area contributed by atoms with Gasteiger partial charge in [0.25, 0.3) is 0 Å². The maximum absolute atomic E-state index is 11.5. The minimum Gasteiger partial charge on any atom is -0.308 e. The molecule has 0 spiro atoms. The van der Waals surface area contributed by atoms with Crippen LogP contribution in [-0.4, -0.2) is 44.2 Å². The fourth-order valence-electron chi connectivity index (χ4n) is 2.73. The number of nitrogens with zero attached hydrogens (tertiary/aromatic N) is 1. The van der Waals surface area contributed by atoms with E-state index < -0.39 is 10.0 Å². The lowest BCUT2D eigenvalue weighted by Crippen LogP contribution is -2.56. The number of sulfonamides is 1. The molecule has 0 heterocycles. The van der Waals surface area contributed by atoms with Crippen molar-refractivity contribution in [2.75, 3.05) is 19.8 Å².